The Morgan fingerprint density at radius 3 is 2.95 bits per heavy atom. The smallest absolute Gasteiger partial charge is 0.315 e. The van der Waals surface area contributed by atoms with Gasteiger partial charge in [-0.05, 0) is 23.4 Å². The third kappa shape index (κ3) is 3.02. The Kier molecular flexibility index (Phi) is 3.92. The van der Waals surface area contributed by atoms with Crippen molar-refractivity contribution in [2.75, 3.05) is 12.3 Å². The van der Waals surface area contributed by atoms with Crippen LogP contribution in [0.3, 0.4) is 0 Å². The average molecular weight is 293 g/mol. The van der Waals surface area contributed by atoms with Crippen LogP contribution in [0.1, 0.15) is 12.5 Å². The number of phenols is 1. The lowest BCUT2D eigenvalue weighted by Crippen LogP contribution is -2.01. The highest BCUT2D eigenvalue weighted by molar-refractivity contribution is 5.83. The van der Waals surface area contributed by atoms with Crippen molar-refractivity contribution >= 4 is 17.9 Å². The van der Waals surface area contributed by atoms with Gasteiger partial charge in [0.2, 0.25) is 5.75 Å². The van der Waals surface area contributed by atoms with Crippen LogP contribution in [0.4, 0.5) is 11.6 Å². The van der Waals surface area contributed by atoms with Gasteiger partial charge in [-0.1, -0.05) is 9.89 Å². The third-order valence-electron chi connectivity index (χ3n) is 2.37. The number of hydrogen-bond donors (Lipinski definition) is 2. The van der Waals surface area contributed by atoms with Gasteiger partial charge in [0.15, 0.2) is 5.75 Å². The van der Waals surface area contributed by atoms with Crippen molar-refractivity contribution in [3.8, 4) is 11.5 Å². The summed E-state index contributed by atoms with van der Waals surface area (Å²) in [5.74, 6) is -0.594. The van der Waals surface area contributed by atoms with Crippen molar-refractivity contribution in [1.29, 1.82) is 0 Å². The van der Waals surface area contributed by atoms with Crippen molar-refractivity contribution in [3.63, 3.8) is 0 Å². The topological polar surface area (TPSA) is 155 Å². The zero-order valence-electron chi connectivity index (χ0n) is 10.9. The minimum Gasteiger partial charge on any atom is -0.500 e. The standard InChI is InChI=1S/C10H11N7O4/c1-2-21-8-4-6(3-7(9(8)18)17(19)20)5-12-16-10(11)13-14-15-16/h3-5,18H,2H2,1H3,(H2,11,13,15)/b12-5+. The Morgan fingerprint density at radius 2 is 2.38 bits per heavy atom. The lowest BCUT2D eigenvalue weighted by atomic mass is 10.2. The van der Waals surface area contributed by atoms with Gasteiger partial charge in [-0.2, -0.15) is 5.10 Å². The second kappa shape index (κ2) is 5.81. The van der Waals surface area contributed by atoms with E-state index in [0.29, 0.717) is 5.56 Å². The Morgan fingerprint density at radius 1 is 1.62 bits per heavy atom. The van der Waals surface area contributed by atoms with Crippen molar-refractivity contribution in [3.05, 3.63) is 27.8 Å². The molecule has 21 heavy (non-hydrogen) atoms. The summed E-state index contributed by atoms with van der Waals surface area (Å²) in [6, 6.07) is 2.54. The fourth-order valence-corrected chi connectivity index (χ4v) is 1.49. The number of hydrogen-bond acceptors (Lipinski definition) is 9. The molecule has 2 aromatic rings. The van der Waals surface area contributed by atoms with Crippen LogP contribution in [0.2, 0.25) is 0 Å². The normalized spacial score (nSPS) is 10.9. The lowest BCUT2D eigenvalue weighted by Gasteiger charge is -2.07. The summed E-state index contributed by atoms with van der Waals surface area (Å²) in [7, 11) is 0. The van der Waals surface area contributed by atoms with E-state index in [2.05, 4.69) is 20.6 Å². The molecule has 0 spiro atoms. The van der Waals surface area contributed by atoms with Crippen LogP contribution in [0.25, 0.3) is 0 Å². The van der Waals surface area contributed by atoms with E-state index in [1.54, 1.807) is 6.92 Å². The highest BCUT2D eigenvalue weighted by Crippen LogP contribution is 2.36. The van der Waals surface area contributed by atoms with Gasteiger partial charge in [0.25, 0.3) is 5.95 Å². The number of ether oxygens (including phenoxy) is 1. The summed E-state index contributed by atoms with van der Waals surface area (Å²) < 4.78 is 5.14. The lowest BCUT2D eigenvalue weighted by molar-refractivity contribution is -0.386. The number of aromatic hydroxyl groups is 1. The van der Waals surface area contributed by atoms with Crippen molar-refractivity contribution in [2.45, 2.75) is 6.92 Å². The number of nitrogens with zero attached hydrogens (tertiary/aromatic N) is 6. The zero-order chi connectivity index (χ0) is 15.4. The second-order valence-electron chi connectivity index (χ2n) is 3.75. The molecule has 0 aliphatic heterocycles. The first-order valence-corrected chi connectivity index (χ1v) is 5.75. The molecule has 1 heterocycles. The first-order chi connectivity index (χ1) is 10.0. The van der Waals surface area contributed by atoms with E-state index in [4.69, 9.17) is 10.5 Å². The van der Waals surface area contributed by atoms with Gasteiger partial charge >= 0.3 is 5.69 Å². The number of rotatable bonds is 5. The van der Waals surface area contributed by atoms with E-state index < -0.39 is 16.4 Å². The van der Waals surface area contributed by atoms with Crippen LogP contribution < -0.4 is 10.5 Å². The molecular formula is C10H11N7O4. The Hall–Kier alpha value is -3.24. The van der Waals surface area contributed by atoms with Crippen LogP contribution in [0, 0.1) is 10.1 Å². The molecule has 1 aromatic carbocycles. The first-order valence-electron chi connectivity index (χ1n) is 5.75. The average Bonchev–Trinajstić information content (AvgIpc) is 2.85. The van der Waals surface area contributed by atoms with Crippen LogP contribution in [-0.2, 0) is 0 Å². The maximum atomic E-state index is 10.9. The first kappa shape index (κ1) is 14.2. The van der Waals surface area contributed by atoms with Gasteiger partial charge in [0, 0.05) is 11.6 Å². The molecule has 0 saturated carbocycles. The molecular weight excluding hydrogens is 282 g/mol. The van der Waals surface area contributed by atoms with Gasteiger partial charge in [0.1, 0.15) is 0 Å². The highest BCUT2D eigenvalue weighted by atomic mass is 16.6. The minimum atomic E-state index is -0.722. The van der Waals surface area contributed by atoms with Crippen LogP contribution in [0.5, 0.6) is 11.5 Å². The monoisotopic (exact) mass is 293 g/mol. The summed E-state index contributed by atoms with van der Waals surface area (Å²) in [6.07, 6.45) is 1.25. The number of anilines is 1. The summed E-state index contributed by atoms with van der Waals surface area (Å²) in [6.45, 7) is 1.93. The maximum Gasteiger partial charge on any atom is 0.315 e. The predicted molar refractivity (Wildman–Crippen MR) is 71.2 cm³/mol. The molecule has 0 unspecified atom stereocenters. The number of nitrogen functional groups attached to an aromatic ring is 1. The third-order valence-corrected chi connectivity index (χ3v) is 2.37. The number of tetrazole rings is 1. The SMILES string of the molecule is CCOc1cc(/C=N/n2nnnc2N)cc([N+](=O)[O-])c1O. The number of nitro groups is 1. The van der Waals surface area contributed by atoms with Crippen molar-refractivity contribution < 1.29 is 14.8 Å². The predicted octanol–water partition coefficient (Wildman–Crippen LogP) is 0.150. The summed E-state index contributed by atoms with van der Waals surface area (Å²) in [5, 5.41) is 34.7. The van der Waals surface area contributed by atoms with E-state index in [0.717, 1.165) is 10.9 Å². The van der Waals surface area contributed by atoms with Crippen molar-refractivity contribution in [1.82, 2.24) is 20.3 Å². The van der Waals surface area contributed by atoms with E-state index >= 15 is 0 Å². The highest BCUT2D eigenvalue weighted by Gasteiger charge is 2.19. The van der Waals surface area contributed by atoms with E-state index in [9.17, 15) is 15.2 Å². The van der Waals surface area contributed by atoms with Crippen LogP contribution in [0.15, 0.2) is 17.2 Å². The molecule has 0 radical (unpaired) electrons. The number of aromatic nitrogens is 4. The molecule has 0 atom stereocenters. The fraction of sp³-hybridized carbons (Fsp3) is 0.200. The second-order valence-corrected chi connectivity index (χ2v) is 3.75. The molecule has 0 saturated heterocycles. The van der Waals surface area contributed by atoms with Crippen molar-refractivity contribution in [2.24, 2.45) is 5.10 Å². The summed E-state index contributed by atoms with van der Waals surface area (Å²) in [5.41, 5.74) is 5.25. The summed E-state index contributed by atoms with van der Waals surface area (Å²) in [4.78, 5) is 11.1. The molecule has 1 aromatic heterocycles. The molecule has 0 bridgehead atoms. The van der Waals surface area contributed by atoms with Gasteiger partial charge < -0.3 is 15.6 Å². The molecule has 0 aliphatic carbocycles. The molecule has 3 N–H and O–H groups in total. The van der Waals surface area contributed by atoms with Gasteiger partial charge in [-0.25, -0.2) is 0 Å². The van der Waals surface area contributed by atoms with Crippen LogP contribution in [-0.4, -0.2) is 43.2 Å². The maximum absolute atomic E-state index is 10.9. The quantitative estimate of drug-likeness (QED) is 0.448. The Balaban J connectivity index is 2.41. The number of nitro benzene ring substituents is 1. The van der Waals surface area contributed by atoms with E-state index in [1.807, 2.05) is 0 Å². The minimum absolute atomic E-state index is 0.0159. The van der Waals surface area contributed by atoms with Crippen LogP contribution >= 0.6 is 0 Å². The van der Waals surface area contributed by atoms with E-state index in [-0.39, 0.29) is 18.3 Å². The van der Waals surface area contributed by atoms with Gasteiger partial charge in [0.05, 0.1) is 17.7 Å². The molecule has 0 fully saturated rings. The molecule has 11 nitrogen and oxygen atoms in total. The largest absolute Gasteiger partial charge is 0.500 e. The Bertz CT molecular complexity index is 697. The molecule has 0 amide bonds. The Labute approximate surface area is 117 Å². The molecule has 2 rings (SSSR count). The number of nitrogens with two attached hydrogens (primary N) is 1. The molecule has 110 valence electrons. The summed E-state index contributed by atoms with van der Waals surface area (Å²) >= 11 is 0. The van der Waals surface area contributed by atoms with Gasteiger partial charge in [-0.15, -0.1) is 0 Å². The number of phenolic OH excluding ortho intramolecular Hbond substituents is 1. The fourth-order valence-electron chi connectivity index (χ4n) is 1.49. The molecule has 0 aliphatic rings. The van der Waals surface area contributed by atoms with E-state index in [1.165, 1.54) is 12.3 Å². The number of benzene rings is 1. The molecule has 11 heteroatoms. The zero-order valence-corrected chi connectivity index (χ0v) is 10.9. The van der Waals surface area contributed by atoms with Gasteiger partial charge in [-0.3, -0.25) is 10.1 Å².